The second-order valence-corrected chi connectivity index (χ2v) is 18.7. The van der Waals surface area contributed by atoms with Gasteiger partial charge < -0.3 is 69.3 Å². The van der Waals surface area contributed by atoms with Crippen LogP contribution in [0, 0.1) is 46.3 Å². The van der Waals surface area contributed by atoms with Gasteiger partial charge in [0.2, 0.25) is 0 Å². The van der Waals surface area contributed by atoms with E-state index in [1.807, 2.05) is 20.8 Å². The van der Waals surface area contributed by atoms with E-state index >= 15 is 0 Å². The Labute approximate surface area is 324 Å². The fraction of sp³-hybridized carbons (Fsp3) is 0.975. The van der Waals surface area contributed by atoms with Crippen LogP contribution >= 0.6 is 0 Å². The Morgan fingerprint density at radius 2 is 1.56 bits per heavy atom. The second kappa shape index (κ2) is 16.5. The van der Waals surface area contributed by atoms with Crippen LogP contribution in [0.3, 0.4) is 0 Å². The highest BCUT2D eigenvalue weighted by molar-refractivity contribution is 5.66. The molecule has 15 nitrogen and oxygen atoms in total. The zero-order valence-electron chi connectivity index (χ0n) is 33.5. The number of hydrogen-bond donors (Lipinski definition) is 8. The molecule has 6 fully saturated rings. The van der Waals surface area contributed by atoms with Crippen LogP contribution in [0.1, 0.15) is 92.9 Å². The van der Waals surface area contributed by atoms with Crippen molar-refractivity contribution in [2.75, 3.05) is 20.3 Å². The van der Waals surface area contributed by atoms with Crippen molar-refractivity contribution in [1.29, 1.82) is 0 Å². The third kappa shape index (κ3) is 7.66. The second-order valence-electron chi connectivity index (χ2n) is 18.7. The van der Waals surface area contributed by atoms with E-state index < -0.39 is 114 Å². The van der Waals surface area contributed by atoms with Gasteiger partial charge in [-0.05, 0) is 79.4 Å². The van der Waals surface area contributed by atoms with Crippen LogP contribution in [0.5, 0.6) is 0 Å². The van der Waals surface area contributed by atoms with Crippen molar-refractivity contribution >= 4 is 5.97 Å². The van der Waals surface area contributed by atoms with E-state index in [0.717, 1.165) is 12.8 Å². The van der Waals surface area contributed by atoms with Crippen molar-refractivity contribution in [2.24, 2.45) is 46.3 Å². The molecule has 8 N–H and O–H groups in total. The zero-order valence-corrected chi connectivity index (χ0v) is 33.5. The Morgan fingerprint density at radius 3 is 2.18 bits per heavy atom. The standard InChI is InChI=1S/C40H68O15/c1-18(2)24(53-36-33(48)32(47)27(16-41)55-36)9-8-19(3)21-14-26(52-20(4)42)35-38(21,5)13-11-28-39(6)12-10-25(31(46)29(39)22(43)15-40(28,35)49)54-37-34(50-7)30(45)23(44)17-51-37/h18-19,21-37,41,43-49H,8-17H2,1-7H3. The number of carbonyl (C=O) groups is 1. The van der Waals surface area contributed by atoms with Gasteiger partial charge in [-0.3, -0.25) is 4.79 Å². The molecule has 21 atom stereocenters. The molecular weight excluding hydrogens is 720 g/mol. The number of methoxy groups -OCH3 is 1. The molecule has 0 spiro atoms. The van der Waals surface area contributed by atoms with Gasteiger partial charge in [-0.15, -0.1) is 0 Å². The predicted octanol–water partition coefficient (Wildman–Crippen LogP) is 0.618. The molecule has 2 aliphatic heterocycles. The molecule has 0 aromatic carbocycles. The Kier molecular flexibility index (Phi) is 13.1. The van der Waals surface area contributed by atoms with Gasteiger partial charge in [-0.1, -0.05) is 34.6 Å². The molecule has 21 unspecified atom stereocenters. The summed E-state index contributed by atoms with van der Waals surface area (Å²) < 4.78 is 35.2. The number of hydrogen-bond acceptors (Lipinski definition) is 15. The van der Waals surface area contributed by atoms with Crippen molar-refractivity contribution < 1.29 is 74.1 Å². The summed E-state index contributed by atoms with van der Waals surface area (Å²) in [5, 5.41) is 87.9. The molecule has 0 radical (unpaired) electrons. The summed E-state index contributed by atoms with van der Waals surface area (Å²) in [5.41, 5.74) is -2.52. The van der Waals surface area contributed by atoms with E-state index in [0.29, 0.717) is 32.1 Å². The predicted molar refractivity (Wildman–Crippen MR) is 194 cm³/mol. The number of aliphatic hydroxyl groups excluding tert-OH is 7. The van der Waals surface area contributed by atoms with Crippen LogP contribution in [0.2, 0.25) is 0 Å². The molecule has 0 aromatic heterocycles. The van der Waals surface area contributed by atoms with Crippen LogP contribution in [0.25, 0.3) is 0 Å². The summed E-state index contributed by atoms with van der Waals surface area (Å²) >= 11 is 0. The van der Waals surface area contributed by atoms with Gasteiger partial charge in [0.05, 0.1) is 43.2 Å². The maximum Gasteiger partial charge on any atom is 0.302 e. The lowest BCUT2D eigenvalue weighted by atomic mass is 9.41. The van der Waals surface area contributed by atoms with E-state index in [9.17, 15) is 45.6 Å². The van der Waals surface area contributed by atoms with Crippen LogP contribution in [-0.4, -0.2) is 152 Å². The third-order valence-electron chi connectivity index (χ3n) is 15.2. The van der Waals surface area contributed by atoms with Gasteiger partial charge in [0.1, 0.15) is 42.7 Å². The molecule has 6 aliphatic rings. The average Bonchev–Trinajstić information content (AvgIpc) is 3.56. The summed E-state index contributed by atoms with van der Waals surface area (Å²) in [7, 11) is 1.39. The van der Waals surface area contributed by atoms with E-state index in [4.69, 9.17) is 28.4 Å². The molecule has 0 aromatic rings. The van der Waals surface area contributed by atoms with Crippen LogP contribution < -0.4 is 0 Å². The van der Waals surface area contributed by atoms with Gasteiger partial charge in [0.25, 0.3) is 0 Å². The van der Waals surface area contributed by atoms with Crippen LogP contribution in [0.4, 0.5) is 0 Å². The maximum absolute atomic E-state index is 13.1. The minimum absolute atomic E-state index is 0.0000204. The highest BCUT2D eigenvalue weighted by Gasteiger charge is 2.72. The topological polar surface area (TPSA) is 234 Å². The SMILES string of the molecule is COC1C(OC2CCC3(C)C(C(O)CC4(O)C3CCC3(C)C(C(C)CCC(OC5OC(CO)C(O)C5O)C(C)C)CC(OC(C)=O)C34)C2O)OCC(O)C1O. The average molecular weight is 789 g/mol. The lowest BCUT2D eigenvalue weighted by molar-refractivity contribution is -0.320. The van der Waals surface area contributed by atoms with E-state index in [1.54, 1.807) is 0 Å². The monoisotopic (exact) mass is 788 g/mol. The maximum atomic E-state index is 13.1. The van der Waals surface area contributed by atoms with Crippen molar-refractivity contribution in [3.8, 4) is 0 Å². The first-order valence-electron chi connectivity index (χ1n) is 20.5. The molecule has 2 heterocycles. The van der Waals surface area contributed by atoms with Gasteiger partial charge in [0, 0.05) is 32.3 Å². The first-order chi connectivity index (χ1) is 25.8. The summed E-state index contributed by atoms with van der Waals surface area (Å²) in [6.07, 6.45) is -8.44. The molecule has 55 heavy (non-hydrogen) atoms. The first-order valence-corrected chi connectivity index (χ1v) is 20.5. The number of carbonyl (C=O) groups excluding carboxylic acids is 1. The largest absolute Gasteiger partial charge is 0.462 e. The van der Waals surface area contributed by atoms with Crippen LogP contribution in [0.15, 0.2) is 0 Å². The van der Waals surface area contributed by atoms with Gasteiger partial charge in [-0.2, -0.15) is 0 Å². The molecule has 4 aliphatic carbocycles. The van der Waals surface area contributed by atoms with Gasteiger partial charge in [-0.25, -0.2) is 0 Å². The molecular formula is C40H68O15. The number of aliphatic hydroxyl groups is 8. The number of fused-ring (bicyclic) bond motifs is 5. The molecule has 2 saturated heterocycles. The molecule has 15 heteroatoms. The van der Waals surface area contributed by atoms with Crippen molar-refractivity contribution in [2.45, 2.75) is 178 Å². The third-order valence-corrected chi connectivity index (χ3v) is 15.2. The number of ether oxygens (including phenoxy) is 6. The fourth-order valence-electron chi connectivity index (χ4n) is 12.6. The van der Waals surface area contributed by atoms with Crippen molar-refractivity contribution in [3.63, 3.8) is 0 Å². The highest BCUT2D eigenvalue weighted by atomic mass is 16.7. The van der Waals surface area contributed by atoms with Gasteiger partial charge in [0.15, 0.2) is 12.6 Å². The van der Waals surface area contributed by atoms with Gasteiger partial charge >= 0.3 is 5.97 Å². The zero-order chi connectivity index (χ0) is 40.4. The Bertz CT molecular complexity index is 1320. The van der Waals surface area contributed by atoms with E-state index in [-0.39, 0.29) is 42.8 Å². The minimum atomic E-state index is -1.39. The summed E-state index contributed by atoms with van der Waals surface area (Å²) in [5.74, 6) is -1.59. The van der Waals surface area contributed by atoms with E-state index in [2.05, 4.69) is 13.8 Å². The fourth-order valence-corrected chi connectivity index (χ4v) is 12.6. The summed E-state index contributed by atoms with van der Waals surface area (Å²) in [6, 6.07) is 0. The summed E-state index contributed by atoms with van der Waals surface area (Å²) in [6.45, 7) is 11.2. The number of rotatable bonds is 12. The lowest BCUT2D eigenvalue weighted by Crippen LogP contribution is -2.71. The van der Waals surface area contributed by atoms with Crippen molar-refractivity contribution in [1.82, 2.24) is 0 Å². The summed E-state index contributed by atoms with van der Waals surface area (Å²) in [4.78, 5) is 12.6. The highest BCUT2D eigenvalue weighted by Crippen LogP contribution is 2.70. The molecule has 0 bridgehead atoms. The smallest absolute Gasteiger partial charge is 0.302 e. The Hall–Kier alpha value is -1.05. The normalized spacial score (nSPS) is 50.9. The van der Waals surface area contributed by atoms with Crippen LogP contribution in [-0.2, 0) is 33.2 Å². The number of esters is 1. The molecule has 0 amide bonds. The minimum Gasteiger partial charge on any atom is -0.462 e. The van der Waals surface area contributed by atoms with E-state index in [1.165, 1.54) is 14.0 Å². The molecule has 6 rings (SSSR count). The first kappa shape index (κ1) is 43.5. The lowest BCUT2D eigenvalue weighted by Gasteiger charge is -2.66. The molecule has 318 valence electrons. The Balaban J connectivity index is 1.19. The molecule has 4 saturated carbocycles. The quantitative estimate of drug-likeness (QED) is 0.100. The van der Waals surface area contributed by atoms with Crippen molar-refractivity contribution in [3.05, 3.63) is 0 Å². The Morgan fingerprint density at radius 1 is 0.873 bits per heavy atom.